The molecule has 3 N–H and O–H groups in total. The summed E-state index contributed by atoms with van der Waals surface area (Å²) in [6.07, 6.45) is 2.35. The van der Waals surface area contributed by atoms with Gasteiger partial charge in [0, 0.05) is 10.9 Å². The second-order valence-electron chi connectivity index (χ2n) is 8.29. The van der Waals surface area contributed by atoms with E-state index in [4.69, 9.17) is 35.7 Å². The van der Waals surface area contributed by atoms with E-state index in [2.05, 4.69) is 25.9 Å². The molecule has 222 valence electrons. The number of hydrogen-bond donors (Lipinski definition) is 3. The van der Waals surface area contributed by atoms with Gasteiger partial charge in [0.1, 0.15) is 29.6 Å². The molecular weight excluding hydrogens is 580 g/mol. The molecule has 0 saturated carbocycles. The van der Waals surface area contributed by atoms with Crippen LogP contribution in [0.15, 0.2) is 29.8 Å². The summed E-state index contributed by atoms with van der Waals surface area (Å²) < 4.78 is 23.8. The summed E-state index contributed by atoms with van der Waals surface area (Å²) in [5.74, 6) is -0.941. The van der Waals surface area contributed by atoms with Crippen molar-refractivity contribution in [2.24, 2.45) is 0 Å². The largest absolute Gasteiger partial charge is 0.491 e. The zero-order chi connectivity index (χ0) is 29.3. The van der Waals surface area contributed by atoms with E-state index in [9.17, 15) is 14.4 Å². The highest BCUT2D eigenvalue weighted by molar-refractivity contribution is 7.13. The molecule has 0 bridgehead atoms. The highest BCUT2D eigenvalue weighted by Crippen LogP contribution is 2.33. The average molecular weight is 611 g/mol. The van der Waals surface area contributed by atoms with Crippen molar-refractivity contribution in [3.8, 4) is 16.3 Å². The molecule has 16 heteroatoms. The topological polar surface area (TPSA) is 176 Å². The van der Waals surface area contributed by atoms with E-state index in [0.717, 1.165) is 0 Å². The van der Waals surface area contributed by atoms with Gasteiger partial charge in [-0.05, 0) is 18.2 Å². The van der Waals surface area contributed by atoms with Gasteiger partial charge in [-0.3, -0.25) is 14.4 Å². The number of halogens is 1. The fourth-order valence-electron chi connectivity index (χ4n) is 3.27. The molecular formula is C25H31ClN6O8S. The lowest BCUT2D eigenvalue weighted by Gasteiger charge is -2.09. The molecule has 0 aliphatic rings. The van der Waals surface area contributed by atoms with Gasteiger partial charge in [-0.1, -0.05) is 16.8 Å². The number of carboxylic acid groups (broad SMARTS) is 1. The van der Waals surface area contributed by atoms with Crippen LogP contribution in [-0.2, 0) is 48.1 Å². The van der Waals surface area contributed by atoms with Crippen molar-refractivity contribution in [1.82, 2.24) is 30.6 Å². The maximum atomic E-state index is 11.8. The first-order valence-corrected chi connectivity index (χ1v) is 13.8. The minimum absolute atomic E-state index is 0.0169. The third kappa shape index (κ3) is 12.2. The van der Waals surface area contributed by atoms with Crippen LogP contribution in [0.2, 0.25) is 5.02 Å². The van der Waals surface area contributed by atoms with Gasteiger partial charge in [0.05, 0.1) is 76.1 Å². The number of carbonyl (C=O) groups is 3. The number of aliphatic carboxylic acids is 1. The number of hydrogen-bond acceptors (Lipinski definition) is 11. The van der Waals surface area contributed by atoms with Crippen LogP contribution in [-0.4, -0.2) is 96.2 Å². The second-order valence-corrected chi connectivity index (χ2v) is 9.56. The highest BCUT2D eigenvalue weighted by atomic mass is 35.5. The van der Waals surface area contributed by atoms with Gasteiger partial charge in [-0.15, -0.1) is 16.4 Å². The van der Waals surface area contributed by atoms with Crippen molar-refractivity contribution >= 4 is 41.2 Å². The monoisotopic (exact) mass is 610 g/mol. The maximum absolute atomic E-state index is 11.8. The molecule has 0 saturated heterocycles. The average Bonchev–Trinajstić information content (AvgIpc) is 3.61. The summed E-state index contributed by atoms with van der Waals surface area (Å²) in [7, 11) is 0. The molecule has 0 unspecified atom stereocenters. The first-order chi connectivity index (χ1) is 19.9. The highest BCUT2D eigenvalue weighted by Gasteiger charge is 2.13. The Bertz CT molecular complexity index is 1260. The van der Waals surface area contributed by atoms with Gasteiger partial charge < -0.3 is 34.7 Å². The predicted molar refractivity (Wildman–Crippen MR) is 148 cm³/mol. The Kier molecular flexibility index (Phi) is 13.9. The van der Waals surface area contributed by atoms with Gasteiger partial charge in [0.2, 0.25) is 12.3 Å². The lowest BCUT2D eigenvalue weighted by molar-refractivity contribution is -0.137. The summed E-state index contributed by atoms with van der Waals surface area (Å²) in [6.45, 7) is 3.36. The number of nitrogens with zero attached hydrogens (tertiary/aromatic N) is 4. The Morgan fingerprint density at radius 2 is 1.78 bits per heavy atom. The third-order valence-electron chi connectivity index (χ3n) is 5.16. The quantitative estimate of drug-likeness (QED) is 0.117. The number of aromatic nitrogens is 4. The van der Waals surface area contributed by atoms with Gasteiger partial charge in [0.25, 0.3) is 0 Å². The number of rotatable bonds is 21. The summed E-state index contributed by atoms with van der Waals surface area (Å²) in [4.78, 5) is 37.1. The van der Waals surface area contributed by atoms with Crippen LogP contribution in [0, 0.1) is 0 Å². The minimum Gasteiger partial charge on any atom is -0.491 e. The molecule has 0 aliphatic carbocycles. The van der Waals surface area contributed by atoms with E-state index in [0.29, 0.717) is 98.5 Å². The Hall–Kier alpha value is -3.63. The molecule has 0 spiro atoms. The predicted octanol–water partition coefficient (Wildman–Crippen LogP) is 1.17. The standard InChI is InChI=1S/C25H31ClN6O8S/c26-22-12-20(1-2-21(22)25-29-18(16-41-25)11-23(34)28-14-24(35)36)40-10-9-39-8-7-38-6-5-37-4-3-32-15-19(30-31-32)13-27-17-33/h1-2,12,15-17H,3-11,13-14H2,(H,27,33)(H,28,34)(H,35,36). The second kappa shape index (κ2) is 17.9. The van der Waals surface area contributed by atoms with Crippen LogP contribution in [0.1, 0.15) is 11.4 Å². The Labute approximate surface area is 244 Å². The van der Waals surface area contributed by atoms with Crippen LogP contribution in [0.3, 0.4) is 0 Å². The number of benzene rings is 1. The van der Waals surface area contributed by atoms with Crippen molar-refractivity contribution in [1.29, 1.82) is 0 Å². The van der Waals surface area contributed by atoms with Gasteiger partial charge in [-0.2, -0.15) is 0 Å². The Morgan fingerprint density at radius 3 is 2.49 bits per heavy atom. The van der Waals surface area contributed by atoms with Crippen LogP contribution >= 0.6 is 22.9 Å². The van der Waals surface area contributed by atoms with Crippen molar-refractivity contribution in [2.75, 3.05) is 52.8 Å². The van der Waals surface area contributed by atoms with Crippen molar-refractivity contribution < 1.29 is 38.4 Å². The smallest absolute Gasteiger partial charge is 0.322 e. The molecule has 0 radical (unpaired) electrons. The summed E-state index contributed by atoms with van der Waals surface area (Å²) in [5.41, 5.74) is 1.91. The van der Waals surface area contributed by atoms with Crippen molar-refractivity contribution in [2.45, 2.75) is 19.5 Å². The molecule has 0 atom stereocenters. The maximum Gasteiger partial charge on any atom is 0.322 e. The molecule has 3 rings (SSSR count). The van der Waals surface area contributed by atoms with E-state index in [1.807, 2.05) is 0 Å². The van der Waals surface area contributed by atoms with E-state index in [1.165, 1.54) is 11.3 Å². The molecule has 14 nitrogen and oxygen atoms in total. The molecule has 0 aliphatic heterocycles. The normalized spacial score (nSPS) is 10.9. The van der Waals surface area contributed by atoms with Gasteiger partial charge in [-0.25, -0.2) is 9.67 Å². The SMILES string of the molecule is O=CNCc1cn(CCOCCOCCOCCOc2ccc(-c3nc(CC(=O)NCC(=O)O)cs3)c(Cl)c2)nn1. The molecule has 1 aromatic carbocycles. The number of thiazole rings is 1. The van der Waals surface area contributed by atoms with Gasteiger partial charge >= 0.3 is 5.97 Å². The third-order valence-corrected chi connectivity index (χ3v) is 6.40. The van der Waals surface area contributed by atoms with E-state index < -0.39 is 18.4 Å². The summed E-state index contributed by atoms with van der Waals surface area (Å²) in [5, 5.41) is 24.2. The molecule has 0 fully saturated rings. The van der Waals surface area contributed by atoms with Crippen LogP contribution < -0.4 is 15.4 Å². The van der Waals surface area contributed by atoms with Crippen LogP contribution in [0.5, 0.6) is 5.75 Å². The van der Waals surface area contributed by atoms with E-state index in [-0.39, 0.29) is 6.42 Å². The number of carboxylic acids is 1. The number of nitrogens with one attached hydrogen (secondary N) is 2. The first-order valence-electron chi connectivity index (χ1n) is 12.6. The van der Waals surface area contributed by atoms with Crippen molar-refractivity contribution in [3.63, 3.8) is 0 Å². The van der Waals surface area contributed by atoms with Crippen molar-refractivity contribution in [3.05, 3.63) is 46.2 Å². The molecule has 3 aromatic rings. The molecule has 2 heterocycles. The lowest BCUT2D eigenvalue weighted by atomic mass is 10.2. The number of amides is 2. The molecule has 2 amide bonds. The molecule has 2 aromatic heterocycles. The lowest BCUT2D eigenvalue weighted by Crippen LogP contribution is -2.30. The van der Waals surface area contributed by atoms with E-state index >= 15 is 0 Å². The zero-order valence-electron chi connectivity index (χ0n) is 22.1. The Morgan fingerprint density at radius 1 is 1.05 bits per heavy atom. The van der Waals surface area contributed by atoms with Gasteiger partial charge in [0.15, 0.2) is 0 Å². The first kappa shape index (κ1) is 31.9. The molecule has 41 heavy (non-hydrogen) atoms. The zero-order valence-corrected chi connectivity index (χ0v) is 23.7. The summed E-state index contributed by atoms with van der Waals surface area (Å²) in [6, 6.07) is 5.25. The van der Waals surface area contributed by atoms with E-state index in [1.54, 1.807) is 34.5 Å². The minimum atomic E-state index is -1.11. The fraction of sp³-hybridized carbons (Fsp3) is 0.440. The Balaban J connectivity index is 1.22. The summed E-state index contributed by atoms with van der Waals surface area (Å²) >= 11 is 7.76. The van der Waals surface area contributed by atoms with Crippen LogP contribution in [0.4, 0.5) is 0 Å². The number of ether oxygens (including phenoxy) is 4. The van der Waals surface area contributed by atoms with Crippen LogP contribution in [0.25, 0.3) is 10.6 Å². The number of carbonyl (C=O) groups excluding carboxylic acids is 2. The fourth-order valence-corrected chi connectivity index (χ4v) is 4.44.